The molecule has 1 atom stereocenters. The van der Waals surface area contributed by atoms with Crippen LogP contribution in [0.25, 0.3) is 10.8 Å². The Balaban J connectivity index is 1.53. The fourth-order valence-corrected chi connectivity index (χ4v) is 5.10. The van der Waals surface area contributed by atoms with Crippen molar-refractivity contribution < 1.29 is 23.8 Å². The van der Waals surface area contributed by atoms with Crippen molar-refractivity contribution in [1.29, 1.82) is 0 Å². The summed E-state index contributed by atoms with van der Waals surface area (Å²) >= 11 is 0. The molecule has 0 aliphatic carbocycles. The average Bonchev–Trinajstić information content (AvgIpc) is 3.29. The zero-order chi connectivity index (χ0) is 24.3. The number of nitrogens with zero attached hydrogens (tertiary/aromatic N) is 1. The Morgan fingerprint density at radius 1 is 1.06 bits per heavy atom. The molecule has 178 valence electrons. The fourth-order valence-electron chi connectivity index (χ4n) is 5.10. The first-order valence-electron chi connectivity index (χ1n) is 11.8. The van der Waals surface area contributed by atoms with Gasteiger partial charge in [0.05, 0.1) is 0 Å². The van der Waals surface area contributed by atoms with Crippen LogP contribution in [-0.2, 0) is 9.53 Å². The highest BCUT2D eigenvalue weighted by Gasteiger charge is 2.42. The molecular weight excluding hydrogens is 444 g/mol. The van der Waals surface area contributed by atoms with Crippen LogP contribution in [0.15, 0.2) is 65.9 Å². The number of carbonyl (C=O) groups excluding carboxylic acids is 2. The van der Waals surface area contributed by atoms with Crippen molar-refractivity contribution in [2.45, 2.75) is 38.7 Å². The molecular formula is C28H26N2O5. The van der Waals surface area contributed by atoms with E-state index in [4.69, 9.17) is 14.2 Å². The predicted octanol–water partition coefficient (Wildman–Crippen LogP) is 5.55. The second kappa shape index (κ2) is 7.77. The summed E-state index contributed by atoms with van der Waals surface area (Å²) in [7, 11) is 0. The second-order valence-electron chi connectivity index (χ2n) is 10.00. The van der Waals surface area contributed by atoms with E-state index in [-0.39, 0.29) is 25.2 Å². The normalized spacial score (nSPS) is 18.8. The Kier molecular flexibility index (Phi) is 4.78. The first-order chi connectivity index (χ1) is 16.8. The van der Waals surface area contributed by atoms with E-state index >= 15 is 0 Å². The molecule has 3 aliphatic rings. The topological polar surface area (TPSA) is 77.1 Å². The van der Waals surface area contributed by atoms with Gasteiger partial charge in [0.2, 0.25) is 6.79 Å². The zero-order valence-corrected chi connectivity index (χ0v) is 19.9. The van der Waals surface area contributed by atoms with Gasteiger partial charge in [-0.15, -0.1) is 0 Å². The maximum absolute atomic E-state index is 13.9. The first kappa shape index (κ1) is 21.5. The third kappa shape index (κ3) is 3.58. The van der Waals surface area contributed by atoms with Crippen molar-refractivity contribution in [1.82, 2.24) is 4.90 Å². The number of fused-ring (bicyclic) bond motifs is 4. The summed E-state index contributed by atoms with van der Waals surface area (Å²) in [5.41, 5.74) is 3.56. The predicted molar refractivity (Wildman–Crippen MR) is 132 cm³/mol. The quantitative estimate of drug-likeness (QED) is 0.503. The van der Waals surface area contributed by atoms with Gasteiger partial charge in [-0.2, -0.15) is 0 Å². The maximum atomic E-state index is 13.9. The molecule has 3 aliphatic heterocycles. The van der Waals surface area contributed by atoms with E-state index in [9.17, 15) is 9.59 Å². The lowest BCUT2D eigenvalue weighted by Crippen LogP contribution is -2.47. The zero-order valence-electron chi connectivity index (χ0n) is 19.9. The van der Waals surface area contributed by atoms with E-state index < -0.39 is 11.7 Å². The standard InChI is InChI=1S/C28H26N2O5/c1-28(2,3)35-27(32)30-13-12-20-25(26(30)31)23(17-9-11-21-22(14-17)34-15-33-21)24-18-7-5-4-6-16(18)8-10-19(24)29-20/h4-11,14,23,29H,12-13,15H2,1-3H3. The number of rotatable bonds is 1. The Labute approximate surface area is 203 Å². The van der Waals surface area contributed by atoms with Crippen LogP contribution in [0.5, 0.6) is 11.5 Å². The molecule has 0 saturated heterocycles. The number of imide groups is 1. The van der Waals surface area contributed by atoms with Gasteiger partial charge in [-0.05, 0) is 60.9 Å². The lowest BCUT2D eigenvalue weighted by molar-refractivity contribution is -0.127. The third-order valence-corrected chi connectivity index (χ3v) is 6.56. The molecule has 0 spiro atoms. The van der Waals surface area contributed by atoms with Crippen molar-refractivity contribution in [2.24, 2.45) is 0 Å². The maximum Gasteiger partial charge on any atom is 0.417 e. The lowest BCUT2D eigenvalue weighted by Gasteiger charge is -2.38. The molecule has 0 bridgehead atoms. The third-order valence-electron chi connectivity index (χ3n) is 6.56. The largest absolute Gasteiger partial charge is 0.454 e. The van der Waals surface area contributed by atoms with E-state index in [2.05, 4.69) is 29.6 Å². The minimum absolute atomic E-state index is 0.170. The van der Waals surface area contributed by atoms with Gasteiger partial charge in [0.25, 0.3) is 5.91 Å². The molecule has 2 amide bonds. The molecule has 3 aromatic carbocycles. The molecule has 0 aromatic heterocycles. The summed E-state index contributed by atoms with van der Waals surface area (Å²) in [5, 5.41) is 5.63. The van der Waals surface area contributed by atoms with E-state index in [0.29, 0.717) is 23.5 Å². The van der Waals surface area contributed by atoms with E-state index in [1.54, 1.807) is 20.8 Å². The molecule has 0 radical (unpaired) electrons. The average molecular weight is 471 g/mol. The van der Waals surface area contributed by atoms with Crippen LogP contribution in [0.3, 0.4) is 0 Å². The Hall–Kier alpha value is -4.00. The van der Waals surface area contributed by atoms with Crippen LogP contribution >= 0.6 is 0 Å². The molecule has 35 heavy (non-hydrogen) atoms. The van der Waals surface area contributed by atoms with Crippen LogP contribution < -0.4 is 14.8 Å². The number of benzene rings is 3. The van der Waals surface area contributed by atoms with Crippen LogP contribution in [-0.4, -0.2) is 35.8 Å². The van der Waals surface area contributed by atoms with Crippen molar-refractivity contribution in [3.8, 4) is 11.5 Å². The van der Waals surface area contributed by atoms with Gasteiger partial charge >= 0.3 is 6.09 Å². The molecule has 7 heteroatoms. The number of amides is 2. The van der Waals surface area contributed by atoms with Gasteiger partial charge in [0, 0.05) is 35.8 Å². The summed E-state index contributed by atoms with van der Waals surface area (Å²) < 4.78 is 16.7. The molecule has 1 unspecified atom stereocenters. The summed E-state index contributed by atoms with van der Waals surface area (Å²) in [4.78, 5) is 28.1. The smallest absolute Gasteiger partial charge is 0.417 e. The monoisotopic (exact) mass is 470 g/mol. The van der Waals surface area contributed by atoms with Gasteiger partial charge in [0.1, 0.15) is 5.60 Å². The molecule has 3 aromatic rings. The number of nitrogens with one attached hydrogen (secondary N) is 1. The number of carbonyl (C=O) groups is 2. The highest BCUT2D eigenvalue weighted by molar-refractivity contribution is 6.08. The van der Waals surface area contributed by atoms with E-state index in [1.165, 1.54) is 4.90 Å². The molecule has 7 nitrogen and oxygen atoms in total. The number of anilines is 1. The molecule has 3 heterocycles. The minimum atomic E-state index is -0.698. The van der Waals surface area contributed by atoms with Crippen molar-refractivity contribution in [2.75, 3.05) is 18.7 Å². The van der Waals surface area contributed by atoms with E-state index in [1.807, 2.05) is 30.3 Å². The summed E-state index contributed by atoms with van der Waals surface area (Å²) in [6, 6.07) is 18.1. The molecule has 6 rings (SSSR count). The van der Waals surface area contributed by atoms with E-state index in [0.717, 1.165) is 33.3 Å². The molecule has 0 saturated carbocycles. The van der Waals surface area contributed by atoms with Crippen LogP contribution in [0.2, 0.25) is 0 Å². The van der Waals surface area contributed by atoms with Gasteiger partial charge in [-0.25, -0.2) is 9.69 Å². The van der Waals surface area contributed by atoms with Gasteiger partial charge in [-0.3, -0.25) is 4.79 Å². The van der Waals surface area contributed by atoms with Crippen LogP contribution in [0.4, 0.5) is 10.5 Å². The Morgan fingerprint density at radius 3 is 2.69 bits per heavy atom. The Bertz CT molecular complexity index is 1420. The van der Waals surface area contributed by atoms with Crippen LogP contribution in [0, 0.1) is 0 Å². The SMILES string of the molecule is CC(C)(C)OC(=O)N1CCC2=C(C1=O)C(c1ccc3c(c1)OCO3)c1c(ccc3ccccc13)N2. The highest BCUT2D eigenvalue weighted by Crippen LogP contribution is 2.49. The number of hydrogen-bond acceptors (Lipinski definition) is 6. The van der Waals surface area contributed by atoms with Gasteiger partial charge < -0.3 is 19.5 Å². The second-order valence-corrected chi connectivity index (χ2v) is 10.00. The highest BCUT2D eigenvalue weighted by atomic mass is 16.7. The van der Waals surface area contributed by atoms with Gasteiger partial charge in [0.15, 0.2) is 11.5 Å². The van der Waals surface area contributed by atoms with Gasteiger partial charge in [-0.1, -0.05) is 36.4 Å². The minimum Gasteiger partial charge on any atom is -0.454 e. The molecule has 1 N–H and O–H groups in total. The Morgan fingerprint density at radius 2 is 1.86 bits per heavy atom. The fraction of sp³-hybridized carbons (Fsp3) is 0.286. The number of ether oxygens (including phenoxy) is 3. The van der Waals surface area contributed by atoms with Crippen molar-refractivity contribution in [3.63, 3.8) is 0 Å². The molecule has 0 fully saturated rings. The van der Waals surface area contributed by atoms with Crippen molar-refractivity contribution >= 4 is 28.5 Å². The van der Waals surface area contributed by atoms with Crippen molar-refractivity contribution in [3.05, 3.63) is 77.0 Å². The number of hydrogen-bond donors (Lipinski definition) is 1. The summed E-state index contributed by atoms with van der Waals surface area (Å²) in [5.74, 6) is 0.603. The summed E-state index contributed by atoms with van der Waals surface area (Å²) in [6.07, 6.45) is -0.101. The lowest BCUT2D eigenvalue weighted by atomic mass is 9.76. The van der Waals surface area contributed by atoms with Crippen LogP contribution in [0.1, 0.15) is 44.2 Å². The first-order valence-corrected chi connectivity index (χ1v) is 11.8. The summed E-state index contributed by atoms with van der Waals surface area (Å²) in [6.45, 7) is 5.82.